The molecule has 82 valence electrons. The Morgan fingerprint density at radius 3 is 3.07 bits per heavy atom. The summed E-state index contributed by atoms with van der Waals surface area (Å²) in [5, 5.41) is 11.1. The number of carbonyl (C=O) groups is 1. The Labute approximate surface area is 91.1 Å². The summed E-state index contributed by atoms with van der Waals surface area (Å²) in [6, 6.07) is 0.575. The lowest BCUT2D eigenvalue weighted by Gasteiger charge is -2.11. The van der Waals surface area contributed by atoms with Crippen LogP contribution in [0.3, 0.4) is 0 Å². The van der Waals surface area contributed by atoms with Gasteiger partial charge in [0.2, 0.25) is 0 Å². The van der Waals surface area contributed by atoms with Gasteiger partial charge in [0.05, 0.1) is 18.4 Å². The molecule has 0 bridgehead atoms. The summed E-state index contributed by atoms with van der Waals surface area (Å²) in [6.07, 6.45) is 0.925. The minimum atomic E-state index is -0.638. The number of aliphatic hydroxyl groups is 1. The molecule has 1 aromatic rings. The molecule has 0 saturated heterocycles. The van der Waals surface area contributed by atoms with E-state index in [1.807, 2.05) is 0 Å². The van der Waals surface area contributed by atoms with E-state index in [4.69, 9.17) is 16.7 Å². The van der Waals surface area contributed by atoms with Crippen molar-refractivity contribution >= 4 is 17.5 Å². The maximum absolute atomic E-state index is 12.8. The molecule has 0 aliphatic heterocycles. The number of pyridine rings is 1. The van der Waals surface area contributed by atoms with Crippen molar-refractivity contribution in [3.05, 3.63) is 28.8 Å². The molecular weight excluding hydrogens is 223 g/mol. The first-order chi connectivity index (χ1) is 7.04. The average Bonchev–Trinajstić information content (AvgIpc) is 2.21. The van der Waals surface area contributed by atoms with Crippen molar-refractivity contribution in [2.75, 3.05) is 6.61 Å². The summed E-state index contributed by atoms with van der Waals surface area (Å²) in [6.45, 7) is 1.41. The van der Waals surface area contributed by atoms with Gasteiger partial charge in [-0.3, -0.25) is 4.79 Å². The smallest absolute Gasteiger partial charge is 0.254 e. The molecule has 1 heterocycles. The third-order valence-electron chi connectivity index (χ3n) is 1.70. The quantitative estimate of drug-likeness (QED) is 0.764. The van der Waals surface area contributed by atoms with Gasteiger partial charge in [-0.25, -0.2) is 9.37 Å². The van der Waals surface area contributed by atoms with Gasteiger partial charge in [0.15, 0.2) is 0 Å². The molecule has 0 aliphatic carbocycles. The van der Waals surface area contributed by atoms with E-state index in [0.717, 1.165) is 12.3 Å². The zero-order valence-corrected chi connectivity index (χ0v) is 8.75. The minimum Gasteiger partial charge on any atom is -0.394 e. The normalized spacial score (nSPS) is 12.3. The molecule has 6 heteroatoms. The zero-order chi connectivity index (χ0) is 11.4. The Morgan fingerprint density at radius 1 is 1.80 bits per heavy atom. The zero-order valence-electron chi connectivity index (χ0n) is 8.00. The topological polar surface area (TPSA) is 62.2 Å². The SMILES string of the molecule is C[C@@H](CO)NC(=O)c1cc(F)cnc1Cl. The molecule has 0 spiro atoms. The van der Waals surface area contributed by atoms with E-state index < -0.39 is 17.8 Å². The predicted octanol–water partition coefficient (Wildman–Crippen LogP) is 0.985. The van der Waals surface area contributed by atoms with E-state index in [9.17, 15) is 9.18 Å². The summed E-state index contributed by atoms with van der Waals surface area (Å²) in [5.74, 6) is -1.20. The van der Waals surface area contributed by atoms with E-state index in [1.165, 1.54) is 0 Å². The van der Waals surface area contributed by atoms with E-state index in [2.05, 4.69) is 10.3 Å². The van der Waals surface area contributed by atoms with Crippen LogP contribution in [0.25, 0.3) is 0 Å². The highest BCUT2D eigenvalue weighted by Crippen LogP contribution is 2.13. The molecule has 1 amide bonds. The number of aliphatic hydroxyl groups excluding tert-OH is 1. The number of hydrogen-bond acceptors (Lipinski definition) is 3. The monoisotopic (exact) mass is 232 g/mol. The van der Waals surface area contributed by atoms with Crippen LogP contribution in [0, 0.1) is 5.82 Å². The van der Waals surface area contributed by atoms with Crippen molar-refractivity contribution in [2.45, 2.75) is 13.0 Å². The van der Waals surface area contributed by atoms with Gasteiger partial charge in [-0.05, 0) is 13.0 Å². The van der Waals surface area contributed by atoms with Gasteiger partial charge >= 0.3 is 0 Å². The van der Waals surface area contributed by atoms with Gasteiger partial charge in [0, 0.05) is 6.04 Å². The summed E-state index contributed by atoms with van der Waals surface area (Å²) in [5.41, 5.74) is -0.0445. The van der Waals surface area contributed by atoms with Crippen LogP contribution in [-0.4, -0.2) is 28.6 Å². The van der Waals surface area contributed by atoms with Crippen LogP contribution >= 0.6 is 11.6 Å². The first-order valence-corrected chi connectivity index (χ1v) is 4.65. The Morgan fingerprint density at radius 2 is 2.47 bits per heavy atom. The maximum Gasteiger partial charge on any atom is 0.254 e. The van der Waals surface area contributed by atoms with Crippen molar-refractivity contribution in [3.8, 4) is 0 Å². The third kappa shape index (κ3) is 3.14. The fraction of sp³-hybridized carbons (Fsp3) is 0.333. The number of aromatic nitrogens is 1. The number of amides is 1. The molecule has 2 N–H and O–H groups in total. The van der Waals surface area contributed by atoms with Crippen LogP contribution in [0.2, 0.25) is 5.15 Å². The second-order valence-corrected chi connectivity index (χ2v) is 3.41. The molecule has 15 heavy (non-hydrogen) atoms. The molecule has 1 aromatic heterocycles. The molecule has 0 radical (unpaired) electrons. The van der Waals surface area contributed by atoms with Crippen molar-refractivity contribution in [1.29, 1.82) is 0 Å². The second-order valence-electron chi connectivity index (χ2n) is 3.05. The van der Waals surface area contributed by atoms with Crippen LogP contribution in [0.1, 0.15) is 17.3 Å². The lowest BCUT2D eigenvalue weighted by molar-refractivity contribution is 0.0921. The molecule has 4 nitrogen and oxygen atoms in total. The largest absolute Gasteiger partial charge is 0.394 e. The van der Waals surface area contributed by atoms with E-state index in [0.29, 0.717) is 0 Å². The highest BCUT2D eigenvalue weighted by molar-refractivity contribution is 6.32. The van der Waals surface area contributed by atoms with Crippen LogP contribution in [0.15, 0.2) is 12.3 Å². The van der Waals surface area contributed by atoms with E-state index in [1.54, 1.807) is 6.92 Å². The van der Waals surface area contributed by atoms with Gasteiger partial charge in [-0.15, -0.1) is 0 Å². The summed E-state index contributed by atoms with van der Waals surface area (Å²) in [7, 11) is 0. The maximum atomic E-state index is 12.8. The lowest BCUT2D eigenvalue weighted by atomic mass is 10.2. The van der Waals surface area contributed by atoms with Crippen molar-refractivity contribution in [2.24, 2.45) is 0 Å². The second kappa shape index (κ2) is 5.04. The number of carbonyl (C=O) groups excluding carboxylic acids is 1. The van der Waals surface area contributed by atoms with Crippen molar-refractivity contribution in [3.63, 3.8) is 0 Å². The molecule has 1 rings (SSSR count). The van der Waals surface area contributed by atoms with Crippen LogP contribution in [-0.2, 0) is 0 Å². The van der Waals surface area contributed by atoms with Crippen LogP contribution in [0.5, 0.6) is 0 Å². The third-order valence-corrected chi connectivity index (χ3v) is 2.00. The van der Waals surface area contributed by atoms with Crippen LogP contribution in [0.4, 0.5) is 4.39 Å². The molecule has 0 aliphatic rings. The van der Waals surface area contributed by atoms with Gasteiger partial charge in [-0.1, -0.05) is 11.6 Å². The van der Waals surface area contributed by atoms with Crippen molar-refractivity contribution in [1.82, 2.24) is 10.3 Å². The highest BCUT2D eigenvalue weighted by Gasteiger charge is 2.14. The minimum absolute atomic E-state index is 0.0445. The average molecular weight is 233 g/mol. The molecular formula is C9H10ClFN2O2. The van der Waals surface area contributed by atoms with Crippen molar-refractivity contribution < 1.29 is 14.3 Å². The van der Waals surface area contributed by atoms with E-state index >= 15 is 0 Å². The Bertz CT molecular complexity index is 373. The van der Waals surface area contributed by atoms with E-state index in [-0.39, 0.29) is 17.3 Å². The highest BCUT2D eigenvalue weighted by atomic mass is 35.5. The lowest BCUT2D eigenvalue weighted by Crippen LogP contribution is -2.35. The molecule has 1 atom stereocenters. The van der Waals surface area contributed by atoms with Gasteiger partial charge in [-0.2, -0.15) is 0 Å². The summed E-state index contributed by atoms with van der Waals surface area (Å²) < 4.78 is 12.8. The molecule has 0 aromatic carbocycles. The fourth-order valence-corrected chi connectivity index (χ4v) is 1.12. The van der Waals surface area contributed by atoms with Gasteiger partial charge in [0.25, 0.3) is 5.91 Å². The summed E-state index contributed by atoms with van der Waals surface area (Å²) >= 11 is 5.62. The van der Waals surface area contributed by atoms with Crippen LogP contribution < -0.4 is 5.32 Å². The van der Waals surface area contributed by atoms with Gasteiger partial charge in [0.1, 0.15) is 11.0 Å². The number of nitrogens with zero attached hydrogens (tertiary/aromatic N) is 1. The first-order valence-electron chi connectivity index (χ1n) is 4.27. The molecule has 0 unspecified atom stereocenters. The number of halogens is 2. The number of rotatable bonds is 3. The number of nitrogens with one attached hydrogen (secondary N) is 1. The molecule has 0 saturated carbocycles. The Balaban J connectivity index is 2.86. The fourth-order valence-electron chi connectivity index (χ4n) is 0.929. The first kappa shape index (κ1) is 11.9. The molecule has 0 fully saturated rings. The van der Waals surface area contributed by atoms with Gasteiger partial charge < -0.3 is 10.4 Å². The summed E-state index contributed by atoms with van der Waals surface area (Å²) in [4.78, 5) is 15.0. The predicted molar refractivity (Wildman–Crippen MR) is 53.2 cm³/mol. The standard InChI is InChI=1S/C9H10ClFN2O2/c1-5(4-14)13-9(15)7-2-6(11)3-12-8(7)10/h2-3,5,14H,4H2,1H3,(H,13,15)/t5-/m0/s1. The Kier molecular flexibility index (Phi) is 3.99. The number of hydrogen-bond donors (Lipinski definition) is 2. The Hall–Kier alpha value is -1.20.